The van der Waals surface area contributed by atoms with Crippen LogP contribution in [0.5, 0.6) is 23.0 Å². The van der Waals surface area contributed by atoms with Crippen LogP contribution in [0.2, 0.25) is 0 Å². The van der Waals surface area contributed by atoms with Gasteiger partial charge in [0.1, 0.15) is 23.0 Å². The minimum atomic E-state index is -0.453. The molecular formula is C23H22O4. The van der Waals surface area contributed by atoms with Crippen LogP contribution in [0.4, 0.5) is 0 Å². The Morgan fingerprint density at radius 3 is 1.96 bits per heavy atom. The van der Waals surface area contributed by atoms with Crippen molar-refractivity contribution in [3.05, 3.63) is 83.4 Å². The predicted octanol–water partition coefficient (Wildman–Crippen LogP) is 5.39. The van der Waals surface area contributed by atoms with Gasteiger partial charge in [0.25, 0.3) is 0 Å². The summed E-state index contributed by atoms with van der Waals surface area (Å²) in [5.41, 5.74) is 3.17. The van der Waals surface area contributed by atoms with Crippen molar-refractivity contribution >= 4 is 5.97 Å². The first-order chi connectivity index (χ1) is 13.0. The number of carbonyl (C=O) groups excluding carboxylic acids is 1. The summed E-state index contributed by atoms with van der Waals surface area (Å²) in [5.74, 6) is 2.14. The van der Waals surface area contributed by atoms with E-state index in [1.54, 1.807) is 24.3 Å². The fraction of sp³-hybridized carbons (Fsp3) is 0.174. The third kappa shape index (κ3) is 5.11. The Kier molecular flexibility index (Phi) is 5.77. The fourth-order valence-electron chi connectivity index (χ4n) is 2.89. The van der Waals surface area contributed by atoms with E-state index in [1.807, 2.05) is 63.2 Å². The van der Waals surface area contributed by atoms with E-state index in [0.717, 1.165) is 28.2 Å². The molecule has 3 rings (SSSR count). The normalized spacial score (nSPS) is 10.3. The van der Waals surface area contributed by atoms with Gasteiger partial charge in [0.2, 0.25) is 0 Å². The Balaban J connectivity index is 1.55. The first-order valence-corrected chi connectivity index (χ1v) is 8.75. The molecule has 0 aliphatic carbocycles. The quantitative estimate of drug-likeness (QED) is 0.436. The summed E-state index contributed by atoms with van der Waals surface area (Å²) in [4.78, 5) is 12.1. The van der Waals surface area contributed by atoms with Gasteiger partial charge in [0.15, 0.2) is 6.61 Å². The summed E-state index contributed by atoms with van der Waals surface area (Å²) in [6, 6.07) is 20.4. The van der Waals surface area contributed by atoms with Crippen molar-refractivity contribution in [3.8, 4) is 23.0 Å². The second-order valence-electron chi connectivity index (χ2n) is 6.38. The maximum absolute atomic E-state index is 12.1. The highest BCUT2D eigenvalue weighted by Gasteiger charge is 2.10. The summed E-state index contributed by atoms with van der Waals surface area (Å²) in [6.45, 7) is 5.81. The number of para-hydroxylation sites is 1. The van der Waals surface area contributed by atoms with E-state index in [0.29, 0.717) is 11.5 Å². The number of hydrogen-bond acceptors (Lipinski definition) is 4. The van der Waals surface area contributed by atoms with Crippen molar-refractivity contribution in [2.24, 2.45) is 0 Å². The molecule has 0 saturated carbocycles. The molecule has 0 radical (unpaired) electrons. The molecule has 0 atom stereocenters. The predicted molar refractivity (Wildman–Crippen MR) is 105 cm³/mol. The number of carbonyl (C=O) groups is 1. The maximum Gasteiger partial charge on any atom is 0.349 e. The van der Waals surface area contributed by atoms with Crippen LogP contribution in [-0.2, 0) is 4.79 Å². The van der Waals surface area contributed by atoms with E-state index in [2.05, 4.69) is 0 Å². The highest BCUT2D eigenvalue weighted by Crippen LogP contribution is 2.25. The zero-order valence-electron chi connectivity index (χ0n) is 15.7. The minimum Gasteiger partial charge on any atom is -0.481 e. The van der Waals surface area contributed by atoms with Crippen molar-refractivity contribution in [1.82, 2.24) is 0 Å². The molecule has 0 N–H and O–H groups in total. The zero-order valence-corrected chi connectivity index (χ0v) is 15.7. The lowest BCUT2D eigenvalue weighted by Gasteiger charge is -2.13. The third-order valence-electron chi connectivity index (χ3n) is 3.97. The van der Waals surface area contributed by atoms with Gasteiger partial charge >= 0.3 is 5.97 Å². The summed E-state index contributed by atoms with van der Waals surface area (Å²) < 4.78 is 16.7. The highest BCUT2D eigenvalue weighted by atomic mass is 16.6. The SMILES string of the molecule is Cc1cc(C)c(OCC(=O)Oc2ccc(Oc3ccccc3)cc2)c(C)c1. The number of ether oxygens (including phenoxy) is 3. The van der Waals surface area contributed by atoms with E-state index in [4.69, 9.17) is 14.2 Å². The average molecular weight is 362 g/mol. The summed E-state index contributed by atoms with van der Waals surface area (Å²) >= 11 is 0. The number of aryl methyl sites for hydroxylation is 3. The first-order valence-electron chi connectivity index (χ1n) is 8.75. The van der Waals surface area contributed by atoms with Crippen molar-refractivity contribution in [2.75, 3.05) is 6.61 Å². The molecule has 0 bridgehead atoms. The van der Waals surface area contributed by atoms with Gasteiger partial charge in [0, 0.05) is 0 Å². The van der Waals surface area contributed by atoms with Crippen LogP contribution in [0, 0.1) is 20.8 Å². The molecule has 3 aromatic rings. The number of esters is 1. The van der Waals surface area contributed by atoms with Crippen LogP contribution in [0.25, 0.3) is 0 Å². The Labute approximate surface area is 159 Å². The summed E-state index contributed by atoms with van der Waals surface area (Å²) in [6.07, 6.45) is 0. The van der Waals surface area contributed by atoms with Crippen molar-refractivity contribution in [2.45, 2.75) is 20.8 Å². The van der Waals surface area contributed by atoms with Gasteiger partial charge in [-0.3, -0.25) is 0 Å². The topological polar surface area (TPSA) is 44.8 Å². The molecule has 27 heavy (non-hydrogen) atoms. The van der Waals surface area contributed by atoms with E-state index in [9.17, 15) is 4.79 Å². The van der Waals surface area contributed by atoms with Gasteiger partial charge in [-0.1, -0.05) is 35.9 Å². The van der Waals surface area contributed by atoms with Gasteiger partial charge in [-0.15, -0.1) is 0 Å². The number of hydrogen-bond donors (Lipinski definition) is 0. The second kappa shape index (κ2) is 8.41. The summed E-state index contributed by atoms with van der Waals surface area (Å²) in [7, 11) is 0. The van der Waals surface area contributed by atoms with Crippen molar-refractivity contribution in [3.63, 3.8) is 0 Å². The number of benzene rings is 3. The third-order valence-corrected chi connectivity index (χ3v) is 3.97. The molecule has 138 valence electrons. The van der Waals surface area contributed by atoms with Crippen LogP contribution >= 0.6 is 0 Å². The van der Waals surface area contributed by atoms with Crippen LogP contribution in [0.15, 0.2) is 66.7 Å². The molecule has 0 aromatic heterocycles. The molecule has 0 aliphatic heterocycles. The lowest BCUT2D eigenvalue weighted by molar-refractivity contribution is -0.136. The van der Waals surface area contributed by atoms with E-state index in [-0.39, 0.29) is 6.61 Å². The van der Waals surface area contributed by atoms with Crippen molar-refractivity contribution in [1.29, 1.82) is 0 Å². The lowest BCUT2D eigenvalue weighted by atomic mass is 10.1. The van der Waals surface area contributed by atoms with Gasteiger partial charge in [0.05, 0.1) is 0 Å². The molecule has 0 heterocycles. The van der Waals surface area contributed by atoms with Crippen molar-refractivity contribution < 1.29 is 19.0 Å². The second-order valence-corrected chi connectivity index (χ2v) is 6.38. The first kappa shape index (κ1) is 18.5. The molecule has 0 unspecified atom stereocenters. The molecule has 0 fully saturated rings. The largest absolute Gasteiger partial charge is 0.481 e. The molecule has 4 heteroatoms. The Bertz CT molecular complexity index is 892. The standard InChI is InChI=1S/C23H22O4/c1-16-13-17(2)23(18(3)14-16)25-15-22(24)27-21-11-9-20(10-12-21)26-19-7-5-4-6-8-19/h4-14H,15H2,1-3H3. The molecule has 0 amide bonds. The average Bonchev–Trinajstić information content (AvgIpc) is 2.63. The van der Waals surface area contributed by atoms with Crippen LogP contribution < -0.4 is 14.2 Å². The lowest BCUT2D eigenvalue weighted by Crippen LogP contribution is -2.18. The fourth-order valence-corrected chi connectivity index (χ4v) is 2.89. The van der Waals surface area contributed by atoms with E-state index < -0.39 is 5.97 Å². The Morgan fingerprint density at radius 1 is 0.778 bits per heavy atom. The molecule has 3 aromatic carbocycles. The van der Waals surface area contributed by atoms with Gasteiger partial charge in [-0.05, 0) is 68.3 Å². The van der Waals surface area contributed by atoms with Crippen LogP contribution in [-0.4, -0.2) is 12.6 Å². The molecule has 0 saturated heterocycles. The van der Waals surface area contributed by atoms with E-state index >= 15 is 0 Å². The van der Waals surface area contributed by atoms with Gasteiger partial charge in [-0.2, -0.15) is 0 Å². The zero-order chi connectivity index (χ0) is 19.2. The van der Waals surface area contributed by atoms with Crippen LogP contribution in [0.3, 0.4) is 0 Å². The smallest absolute Gasteiger partial charge is 0.349 e. The molecule has 4 nitrogen and oxygen atoms in total. The molecule has 0 spiro atoms. The Morgan fingerprint density at radius 2 is 1.33 bits per heavy atom. The van der Waals surface area contributed by atoms with E-state index in [1.165, 1.54) is 0 Å². The maximum atomic E-state index is 12.1. The van der Waals surface area contributed by atoms with Gasteiger partial charge in [-0.25, -0.2) is 4.79 Å². The van der Waals surface area contributed by atoms with Crippen LogP contribution in [0.1, 0.15) is 16.7 Å². The monoisotopic (exact) mass is 362 g/mol. The highest BCUT2D eigenvalue weighted by molar-refractivity contribution is 5.74. The minimum absolute atomic E-state index is 0.146. The number of rotatable bonds is 6. The van der Waals surface area contributed by atoms with Gasteiger partial charge < -0.3 is 14.2 Å². The summed E-state index contributed by atoms with van der Waals surface area (Å²) in [5, 5.41) is 0. The Hall–Kier alpha value is -3.27. The molecular weight excluding hydrogens is 340 g/mol. The molecule has 0 aliphatic rings.